The van der Waals surface area contributed by atoms with Crippen molar-refractivity contribution >= 4 is 23.6 Å². The molecule has 2 heterocycles. The number of carbonyl (C=O) groups excluding carboxylic acids is 2. The van der Waals surface area contributed by atoms with Crippen molar-refractivity contribution in [1.82, 2.24) is 19.6 Å². The van der Waals surface area contributed by atoms with Crippen LogP contribution in [0.4, 0.5) is 4.79 Å². The summed E-state index contributed by atoms with van der Waals surface area (Å²) in [6, 6.07) is -0.421. The average Bonchev–Trinajstić information content (AvgIpc) is 2.81. The molecule has 1 aromatic heterocycles. The number of ether oxygens (including phenoxy) is 1. The normalized spacial score (nSPS) is 16.4. The molecule has 7 nitrogen and oxygen atoms in total. The summed E-state index contributed by atoms with van der Waals surface area (Å²) in [5.74, 6) is -0.0178. The van der Waals surface area contributed by atoms with Gasteiger partial charge in [-0.15, -0.1) is 0 Å². The number of piperazine rings is 1. The minimum absolute atomic E-state index is 0.0178. The maximum Gasteiger partial charge on any atom is 0.409 e. The SMILES string of the molecule is CCOC(=O)N1CCN(C(=O)C(C)n2nc(C)c(Cl)c2C)CC1. The molecule has 1 unspecified atom stereocenters. The summed E-state index contributed by atoms with van der Waals surface area (Å²) < 4.78 is 6.64. The molecule has 1 atom stereocenters. The maximum absolute atomic E-state index is 12.7. The highest BCUT2D eigenvalue weighted by molar-refractivity contribution is 6.31. The van der Waals surface area contributed by atoms with Crippen LogP contribution in [0.15, 0.2) is 0 Å². The monoisotopic (exact) mass is 342 g/mol. The van der Waals surface area contributed by atoms with E-state index in [1.807, 2.05) is 20.8 Å². The standard InChI is InChI=1S/C15H23ClN4O3/c1-5-23-15(22)19-8-6-18(7-9-19)14(21)12(4)20-11(3)13(16)10(2)17-20/h12H,5-9H2,1-4H3. The molecule has 0 aliphatic carbocycles. The third-order valence-corrected chi connectivity index (χ3v) is 4.63. The van der Waals surface area contributed by atoms with Crippen molar-refractivity contribution in [2.45, 2.75) is 33.7 Å². The van der Waals surface area contributed by atoms with E-state index in [0.29, 0.717) is 37.8 Å². The van der Waals surface area contributed by atoms with Gasteiger partial charge in [0.05, 0.1) is 23.0 Å². The van der Waals surface area contributed by atoms with Gasteiger partial charge in [0.25, 0.3) is 0 Å². The molecule has 1 saturated heterocycles. The molecule has 128 valence electrons. The molecule has 1 aromatic rings. The zero-order valence-electron chi connectivity index (χ0n) is 14.0. The molecule has 0 aromatic carbocycles. The van der Waals surface area contributed by atoms with E-state index in [2.05, 4.69) is 5.10 Å². The average molecular weight is 343 g/mol. The van der Waals surface area contributed by atoms with Crippen LogP contribution in [0.3, 0.4) is 0 Å². The van der Waals surface area contributed by atoms with Crippen LogP contribution in [0.5, 0.6) is 0 Å². The molecule has 0 radical (unpaired) electrons. The molecule has 8 heteroatoms. The summed E-state index contributed by atoms with van der Waals surface area (Å²) in [5.41, 5.74) is 1.51. The van der Waals surface area contributed by atoms with Gasteiger partial charge in [0.2, 0.25) is 5.91 Å². The number of aryl methyl sites for hydroxylation is 1. The Kier molecular flexibility index (Phi) is 5.51. The van der Waals surface area contributed by atoms with Gasteiger partial charge in [-0.2, -0.15) is 5.10 Å². The van der Waals surface area contributed by atoms with Gasteiger partial charge in [-0.1, -0.05) is 11.6 Å². The van der Waals surface area contributed by atoms with Crippen LogP contribution in [0.25, 0.3) is 0 Å². The molecule has 1 aliphatic heterocycles. The predicted molar refractivity (Wildman–Crippen MR) is 86.6 cm³/mol. The first kappa shape index (κ1) is 17.6. The van der Waals surface area contributed by atoms with E-state index >= 15 is 0 Å². The highest BCUT2D eigenvalue weighted by Gasteiger charge is 2.29. The van der Waals surface area contributed by atoms with E-state index in [0.717, 1.165) is 11.4 Å². The molecule has 0 bridgehead atoms. The first-order chi connectivity index (χ1) is 10.9. The number of nitrogens with zero attached hydrogens (tertiary/aromatic N) is 4. The van der Waals surface area contributed by atoms with Crippen LogP contribution in [-0.2, 0) is 9.53 Å². The van der Waals surface area contributed by atoms with Crippen LogP contribution in [-0.4, -0.2) is 64.4 Å². The second kappa shape index (κ2) is 7.21. The van der Waals surface area contributed by atoms with Crippen molar-refractivity contribution in [2.24, 2.45) is 0 Å². The molecule has 0 saturated carbocycles. The zero-order valence-corrected chi connectivity index (χ0v) is 14.8. The van der Waals surface area contributed by atoms with Crippen molar-refractivity contribution in [3.63, 3.8) is 0 Å². The predicted octanol–water partition coefficient (Wildman–Crippen LogP) is 2.02. The van der Waals surface area contributed by atoms with Gasteiger partial charge in [0.15, 0.2) is 0 Å². The van der Waals surface area contributed by atoms with Gasteiger partial charge in [-0.3, -0.25) is 9.48 Å². The van der Waals surface area contributed by atoms with E-state index in [4.69, 9.17) is 16.3 Å². The van der Waals surface area contributed by atoms with Crippen molar-refractivity contribution in [2.75, 3.05) is 32.8 Å². The Balaban J connectivity index is 1.99. The van der Waals surface area contributed by atoms with Crippen LogP contribution < -0.4 is 0 Å². The van der Waals surface area contributed by atoms with Gasteiger partial charge < -0.3 is 14.5 Å². The van der Waals surface area contributed by atoms with Crippen LogP contribution in [0.2, 0.25) is 5.02 Å². The van der Waals surface area contributed by atoms with E-state index in [1.54, 1.807) is 21.4 Å². The third-order valence-electron chi connectivity index (χ3n) is 4.08. The highest BCUT2D eigenvalue weighted by atomic mass is 35.5. The lowest BCUT2D eigenvalue weighted by atomic mass is 10.2. The van der Waals surface area contributed by atoms with E-state index in [1.165, 1.54) is 0 Å². The van der Waals surface area contributed by atoms with E-state index < -0.39 is 6.04 Å². The van der Waals surface area contributed by atoms with Gasteiger partial charge >= 0.3 is 6.09 Å². The Labute approximate surface area is 141 Å². The minimum Gasteiger partial charge on any atom is -0.450 e. The summed E-state index contributed by atoms with van der Waals surface area (Å²) in [6.45, 7) is 9.57. The molecule has 1 aliphatic rings. The van der Waals surface area contributed by atoms with Gasteiger partial charge in [-0.25, -0.2) is 4.79 Å². The molecule has 2 rings (SSSR count). The van der Waals surface area contributed by atoms with Crippen LogP contribution >= 0.6 is 11.6 Å². The quantitative estimate of drug-likeness (QED) is 0.842. The van der Waals surface area contributed by atoms with Crippen molar-refractivity contribution < 1.29 is 14.3 Å². The topological polar surface area (TPSA) is 67.7 Å². The third kappa shape index (κ3) is 3.60. The van der Waals surface area contributed by atoms with Gasteiger partial charge in [0, 0.05) is 26.2 Å². The molecule has 0 spiro atoms. The minimum atomic E-state index is -0.421. The Morgan fingerprint density at radius 1 is 1.22 bits per heavy atom. The smallest absolute Gasteiger partial charge is 0.409 e. The summed E-state index contributed by atoms with van der Waals surface area (Å²) in [7, 11) is 0. The number of carbonyl (C=O) groups is 2. The van der Waals surface area contributed by atoms with Crippen LogP contribution in [0, 0.1) is 13.8 Å². The summed E-state index contributed by atoms with van der Waals surface area (Å²) in [6.07, 6.45) is -0.321. The number of halogens is 1. The molecule has 23 heavy (non-hydrogen) atoms. The van der Waals surface area contributed by atoms with E-state index in [9.17, 15) is 9.59 Å². The molecule has 1 fully saturated rings. The number of hydrogen-bond acceptors (Lipinski definition) is 4. The molecule has 0 N–H and O–H groups in total. The molecular weight excluding hydrogens is 320 g/mol. The summed E-state index contributed by atoms with van der Waals surface area (Å²) in [5, 5.41) is 4.94. The van der Waals surface area contributed by atoms with Gasteiger partial charge in [-0.05, 0) is 27.7 Å². The Morgan fingerprint density at radius 2 is 1.78 bits per heavy atom. The lowest BCUT2D eigenvalue weighted by Crippen LogP contribution is -2.52. The molecular formula is C15H23ClN4O3. The lowest BCUT2D eigenvalue weighted by molar-refractivity contribution is -0.136. The number of hydrogen-bond donors (Lipinski definition) is 0. The van der Waals surface area contributed by atoms with E-state index in [-0.39, 0.29) is 12.0 Å². The Bertz CT molecular complexity index is 594. The Morgan fingerprint density at radius 3 is 2.26 bits per heavy atom. The summed E-state index contributed by atoms with van der Waals surface area (Å²) >= 11 is 6.15. The number of aromatic nitrogens is 2. The first-order valence-corrected chi connectivity index (χ1v) is 8.16. The van der Waals surface area contributed by atoms with Crippen molar-refractivity contribution in [1.29, 1.82) is 0 Å². The second-order valence-corrected chi connectivity index (χ2v) is 5.99. The van der Waals surface area contributed by atoms with Crippen LogP contribution in [0.1, 0.15) is 31.3 Å². The summed E-state index contributed by atoms with van der Waals surface area (Å²) in [4.78, 5) is 27.7. The number of amides is 2. The van der Waals surface area contributed by atoms with Crippen molar-refractivity contribution in [3.05, 3.63) is 16.4 Å². The van der Waals surface area contributed by atoms with Gasteiger partial charge in [0.1, 0.15) is 6.04 Å². The number of rotatable bonds is 3. The first-order valence-electron chi connectivity index (χ1n) is 7.78. The zero-order chi connectivity index (χ0) is 17.1. The fraction of sp³-hybridized carbons (Fsp3) is 0.667. The fourth-order valence-corrected chi connectivity index (χ4v) is 2.84. The lowest BCUT2D eigenvalue weighted by Gasteiger charge is -2.35. The maximum atomic E-state index is 12.7. The molecule has 2 amide bonds. The fourth-order valence-electron chi connectivity index (χ4n) is 2.71. The largest absolute Gasteiger partial charge is 0.450 e. The highest BCUT2D eigenvalue weighted by Crippen LogP contribution is 2.23. The second-order valence-electron chi connectivity index (χ2n) is 5.62. The van der Waals surface area contributed by atoms with Crippen molar-refractivity contribution in [3.8, 4) is 0 Å². The Hall–Kier alpha value is -1.76.